The molecule has 0 spiro atoms. The molecule has 0 aliphatic rings. The van der Waals surface area contributed by atoms with Gasteiger partial charge in [-0.3, -0.25) is 9.59 Å². The first kappa shape index (κ1) is 12.3. The van der Waals surface area contributed by atoms with Crippen molar-refractivity contribution in [3.05, 3.63) is 23.2 Å². The molecular formula is C10H12ClN3O2. The van der Waals surface area contributed by atoms with Crippen molar-refractivity contribution in [3.8, 4) is 0 Å². The number of nitrogens with two attached hydrogens (primary N) is 1. The molecule has 1 aromatic rings. The van der Waals surface area contributed by atoms with Crippen molar-refractivity contribution in [2.75, 3.05) is 17.6 Å². The van der Waals surface area contributed by atoms with Crippen LogP contribution in [-0.2, 0) is 9.59 Å². The zero-order chi connectivity index (χ0) is 12.1. The van der Waals surface area contributed by atoms with E-state index < -0.39 is 11.8 Å². The lowest BCUT2D eigenvalue weighted by Crippen LogP contribution is -2.35. The summed E-state index contributed by atoms with van der Waals surface area (Å²) < 4.78 is 0. The second-order valence-electron chi connectivity index (χ2n) is 3.05. The summed E-state index contributed by atoms with van der Waals surface area (Å²) >= 11 is 5.76. The molecule has 4 N–H and O–H groups in total. The van der Waals surface area contributed by atoms with E-state index in [-0.39, 0.29) is 0 Å². The molecule has 6 heteroatoms. The highest BCUT2D eigenvalue weighted by Gasteiger charge is 2.12. The average molecular weight is 242 g/mol. The van der Waals surface area contributed by atoms with Crippen molar-refractivity contribution in [1.82, 2.24) is 5.32 Å². The molecule has 0 fully saturated rings. The van der Waals surface area contributed by atoms with Crippen molar-refractivity contribution < 1.29 is 9.59 Å². The number of hydrogen-bond donors (Lipinski definition) is 3. The molecule has 0 aliphatic heterocycles. The number of nitrogens with one attached hydrogen (secondary N) is 2. The lowest BCUT2D eigenvalue weighted by molar-refractivity contribution is -0.136. The van der Waals surface area contributed by atoms with Gasteiger partial charge in [-0.15, -0.1) is 0 Å². The first-order valence-electron chi connectivity index (χ1n) is 4.68. The van der Waals surface area contributed by atoms with E-state index in [9.17, 15) is 9.59 Å². The van der Waals surface area contributed by atoms with Gasteiger partial charge in [-0.1, -0.05) is 11.6 Å². The van der Waals surface area contributed by atoms with Gasteiger partial charge in [0.15, 0.2) is 0 Å². The first-order valence-corrected chi connectivity index (χ1v) is 5.06. The normalized spacial score (nSPS) is 9.62. The van der Waals surface area contributed by atoms with Gasteiger partial charge in [0.05, 0.1) is 10.7 Å². The summed E-state index contributed by atoms with van der Waals surface area (Å²) in [5.41, 5.74) is 6.34. The van der Waals surface area contributed by atoms with Crippen molar-refractivity contribution in [2.45, 2.75) is 6.92 Å². The van der Waals surface area contributed by atoms with E-state index in [1.807, 2.05) is 0 Å². The molecule has 0 bridgehead atoms. The van der Waals surface area contributed by atoms with Crippen molar-refractivity contribution in [3.63, 3.8) is 0 Å². The van der Waals surface area contributed by atoms with E-state index in [1.54, 1.807) is 19.1 Å². The minimum atomic E-state index is -0.734. The maximum atomic E-state index is 11.3. The Labute approximate surface area is 98.0 Å². The van der Waals surface area contributed by atoms with E-state index >= 15 is 0 Å². The Hall–Kier alpha value is -1.75. The third-order valence-electron chi connectivity index (χ3n) is 1.80. The molecule has 0 unspecified atom stereocenters. The van der Waals surface area contributed by atoms with Crippen LogP contribution in [0.3, 0.4) is 0 Å². The highest BCUT2D eigenvalue weighted by molar-refractivity contribution is 6.40. The van der Waals surface area contributed by atoms with Gasteiger partial charge in [0.25, 0.3) is 0 Å². The third-order valence-corrected chi connectivity index (χ3v) is 2.13. The SMILES string of the molecule is CCNC(=O)C(=O)Nc1ccc(N)c(Cl)c1. The van der Waals surface area contributed by atoms with Crippen LogP contribution in [0.15, 0.2) is 18.2 Å². The highest BCUT2D eigenvalue weighted by atomic mass is 35.5. The number of likely N-dealkylation sites (N-methyl/N-ethyl adjacent to an activating group) is 1. The van der Waals surface area contributed by atoms with Gasteiger partial charge < -0.3 is 16.4 Å². The van der Waals surface area contributed by atoms with E-state index in [1.165, 1.54) is 6.07 Å². The van der Waals surface area contributed by atoms with E-state index in [0.717, 1.165) is 0 Å². The Morgan fingerprint density at radius 2 is 2.06 bits per heavy atom. The Morgan fingerprint density at radius 1 is 1.38 bits per heavy atom. The zero-order valence-electron chi connectivity index (χ0n) is 8.71. The number of carbonyl (C=O) groups is 2. The van der Waals surface area contributed by atoms with E-state index in [0.29, 0.717) is 22.9 Å². The smallest absolute Gasteiger partial charge is 0.313 e. The molecule has 0 saturated carbocycles. The minimum Gasteiger partial charge on any atom is -0.398 e. The Kier molecular flexibility index (Phi) is 4.13. The van der Waals surface area contributed by atoms with Crippen LogP contribution in [-0.4, -0.2) is 18.4 Å². The monoisotopic (exact) mass is 241 g/mol. The van der Waals surface area contributed by atoms with Gasteiger partial charge in [-0.05, 0) is 25.1 Å². The van der Waals surface area contributed by atoms with Crippen molar-refractivity contribution >= 4 is 34.8 Å². The van der Waals surface area contributed by atoms with Crippen LogP contribution in [0.25, 0.3) is 0 Å². The Bertz CT molecular complexity index is 421. The molecule has 1 rings (SSSR count). The second kappa shape index (κ2) is 5.37. The number of amides is 2. The quantitative estimate of drug-likeness (QED) is 0.533. The lowest BCUT2D eigenvalue weighted by Gasteiger charge is -2.06. The number of hydrogen-bond acceptors (Lipinski definition) is 3. The van der Waals surface area contributed by atoms with Crippen LogP contribution in [0.1, 0.15) is 6.92 Å². The van der Waals surface area contributed by atoms with Crippen LogP contribution in [0, 0.1) is 0 Å². The molecule has 0 aliphatic carbocycles. The molecule has 86 valence electrons. The largest absolute Gasteiger partial charge is 0.398 e. The number of benzene rings is 1. The molecule has 0 radical (unpaired) electrons. The summed E-state index contributed by atoms with van der Waals surface area (Å²) in [6, 6.07) is 4.60. The molecule has 0 atom stereocenters. The van der Waals surface area contributed by atoms with Gasteiger partial charge in [-0.2, -0.15) is 0 Å². The van der Waals surface area contributed by atoms with E-state index in [2.05, 4.69) is 10.6 Å². The van der Waals surface area contributed by atoms with Gasteiger partial charge in [0, 0.05) is 12.2 Å². The number of anilines is 2. The molecule has 2 amide bonds. The van der Waals surface area contributed by atoms with Gasteiger partial charge in [-0.25, -0.2) is 0 Å². The Morgan fingerprint density at radius 3 is 2.62 bits per heavy atom. The summed E-state index contributed by atoms with van der Waals surface area (Å²) in [7, 11) is 0. The van der Waals surface area contributed by atoms with Gasteiger partial charge in [0.1, 0.15) is 0 Å². The lowest BCUT2D eigenvalue weighted by atomic mass is 10.3. The van der Waals surface area contributed by atoms with Crippen molar-refractivity contribution in [1.29, 1.82) is 0 Å². The molecule has 0 heterocycles. The maximum Gasteiger partial charge on any atom is 0.313 e. The van der Waals surface area contributed by atoms with E-state index in [4.69, 9.17) is 17.3 Å². The van der Waals surface area contributed by atoms with Crippen LogP contribution in [0.2, 0.25) is 5.02 Å². The predicted octanol–water partition coefficient (Wildman–Crippen LogP) is 0.997. The second-order valence-corrected chi connectivity index (χ2v) is 3.46. The van der Waals surface area contributed by atoms with Gasteiger partial charge >= 0.3 is 11.8 Å². The predicted molar refractivity (Wildman–Crippen MR) is 63.2 cm³/mol. The standard InChI is InChI=1S/C10H12ClN3O2/c1-2-13-9(15)10(16)14-6-3-4-8(12)7(11)5-6/h3-5H,2,12H2,1H3,(H,13,15)(H,14,16). The fraction of sp³-hybridized carbons (Fsp3) is 0.200. The van der Waals surface area contributed by atoms with Crippen molar-refractivity contribution in [2.24, 2.45) is 0 Å². The zero-order valence-corrected chi connectivity index (χ0v) is 9.47. The summed E-state index contributed by atoms with van der Waals surface area (Å²) in [5, 5.41) is 5.11. The number of nitrogen functional groups attached to an aromatic ring is 1. The first-order chi connectivity index (χ1) is 7.54. The van der Waals surface area contributed by atoms with Crippen LogP contribution in [0.4, 0.5) is 11.4 Å². The fourth-order valence-corrected chi connectivity index (χ4v) is 1.21. The third kappa shape index (κ3) is 3.13. The molecule has 5 nitrogen and oxygen atoms in total. The summed E-state index contributed by atoms with van der Waals surface area (Å²) in [6.45, 7) is 2.13. The van der Waals surface area contributed by atoms with Crippen LogP contribution < -0.4 is 16.4 Å². The summed E-state index contributed by atoms with van der Waals surface area (Å²) in [5.74, 6) is -1.42. The number of carbonyl (C=O) groups excluding carboxylic acids is 2. The maximum absolute atomic E-state index is 11.3. The average Bonchev–Trinajstić information content (AvgIpc) is 2.24. The highest BCUT2D eigenvalue weighted by Crippen LogP contribution is 2.22. The summed E-state index contributed by atoms with van der Waals surface area (Å²) in [6.07, 6.45) is 0. The fourth-order valence-electron chi connectivity index (χ4n) is 1.03. The number of rotatable bonds is 2. The minimum absolute atomic E-state index is 0.327. The summed E-state index contributed by atoms with van der Waals surface area (Å²) in [4.78, 5) is 22.4. The Balaban J connectivity index is 2.70. The van der Waals surface area contributed by atoms with Gasteiger partial charge in [0.2, 0.25) is 0 Å². The topological polar surface area (TPSA) is 84.2 Å². The molecule has 16 heavy (non-hydrogen) atoms. The van der Waals surface area contributed by atoms with Crippen LogP contribution >= 0.6 is 11.6 Å². The molecule has 0 saturated heterocycles. The van der Waals surface area contributed by atoms with Crippen LogP contribution in [0.5, 0.6) is 0 Å². The number of halogens is 1. The molecule has 1 aromatic carbocycles. The molecular weight excluding hydrogens is 230 g/mol. The molecule has 0 aromatic heterocycles.